The zero-order valence-corrected chi connectivity index (χ0v) is 20.7. The van der Waals surface area contributed by atoms with Crippen molar-refractivity contribution in [3.63, 3.8) is 0 Å². The normalized spacial score (nSPS) is 12.5. The van der Waals surface area contributed by atoms with E-state index in [0.29, 0.717) is 28.0 Å². The second-order valence-electron chi connectivity index (χ2n) is 6.89. The highest BCUT2D eigenvalue weighted by Gasteiger charge is 2.49. The Morgan fingerprint density at radius 1 is 0.971 bits per heavy atom. The molecule has 8 nitrogen and oxygen atoms in total. The van der Waals surface area contributed by atoms with Crippen LogP contribution in [0, 0.1) is 0 Å². The topological polar surface area (TPSA) is 93.2 Å². The largest absolute Gasteiger partial charge is 0.534 e. The molecule has 0 spiro atoms. The van der Waals surface area contributed by atoms with E-state index in [1.807, 2.05) is 0 Å². The number of fused-ring (bicyclic) bond motifs is 1. The number of rotatable bonds is 9. The number of pyridine rings is 1. The molecule has 0 amide bonds. The van der Waals surface area contributed by atoms with Crippen LogP contribution in [0.1, 0.15) is 24.2 Å². The molecule has 1 aromatic heterocycles. The standard InChI is InChI=1S/C22H22F3NO7S.ClH/c1-5-32-19-7-6-16-17(20(31-4)13-8-14(29-2)10-15(9-13)30-3)11-26-12-18(16)21(19)33-34(27,28)22(23,24)25;/h6-12,20H,5H2,1-4H3;1H. The van der Waals surface area contributed by atoms with Gasteiger partial charge in [-0.05, 0) is 42.1 Å². The average molecular weight is 538 g/mol. The molecule has 0 aliphatic carbocycles. The van der Waals surface area contributed by atoms with Crippen LogP contribution in [0.2, 0.25) is 0 Å². The summed E-state index contributed by atoms with van der Waals surface area (Å²) in [5.41, 5.74) is -4.59. The number of hydrogen-bond acceptors (Lipinski definition) is 8. The molecule has 0 fully saturated rings. The van der Waals surface area contributed by atoms with Gasteiger partial charge < -0.3 is 23.1 Å². The van der Waals surface area contributed by atoms with Crippen molar-refractivity contribution in [2.45, 2.75) is 18.5 Å². The lowest BCUT2D eigenvalue weighted by Crippen LogP contribution is -2.28. The van der Waals surface area contributed by atoms with E-state index in [-0.39, 0.29) is 30.1 Å². The van der Waals surface area contributed by atoms with Gasteiger partial charge in [0.05, 0.1) is 20.8 Å². The van der Waals surface area contributed by atoms with Crippen LogP contribution in [0.3, 0.4) is 0 Å². The number of nitrogens with zero attached hydrogens (tertiary/aromatic N) is 1. The lowest BCUT2D eigenvalue weighted by Gasteiger charge is -2.21. The Hall–Kier alpha value is -2.96. The summed E-state index contributed by atoms with van der Waals surface area (Å²) in [6.45, 7) is 1.66. The quantitative estimate of drug-likeness (QED) is 0.277. The van der Waals surface area contributed by atoms with Crippen LogP contribution in [-0.4, -0.2) is 46.8 Å². The summed E-state index contributed by atoms with van der Waals surface area (Å²) in [6.07, 6.45) is 1.90. The molecule has 192 valence electrons. The number of aromatic nitrogens is 1. The van der Waals surface area contributed by atoms with Gasteiger partial charge in [-0.25, -0.2) is 0 Å². The Bertz CT molecular complexity index is 1260. The van der Waals surface area contributed by atoms with Crippen molar-refractivity contribution in [2.24, 2.45) is 0 Å². The molecule has 0 saturated heterocycles. The Kier molecular flexibility index (Phi) is 9.04. The maximum Gasteiger partial charge on any atom is 0.534 e. The first-order valence-electron chi connectivity index (χ1n) is 9.86. The molecule has 0 aliphatic rings. The molecule has 3 aromatic rings. The second kappa shape index (κ2) is 11.2. The fraction of sp³-hybridized carbons (Fsp3) is 0.318. The number of methoxy groups -OCH3 is 3. The summed E-state index contributed by atoms with van der Waals surface area (Å²) in [4.78, 5) is 4.09. The molecule has 0 aliphatic heterocycles. The second-order valence-corrected chi connectivity index (χ2v) is 8.43. The van der Waals surface area contributed by atoms with E-state index in [1.165, 1.54) is 39.8 Å². The Balaban J connectivity index is 0.00000432. The Morgan fingerprint density at radius 3 is 2.11 bits per heavy atom. The van der Waals surface area contributed by atoms with Gasteiger partial charge in [-0.2, -0.15) is 21.6 Å². The minimum atomic E-state index is -5.96. The van der Waals surface area contributed by atoms with Crippen molar-refractivity contribution in [1.82, 2.24) is 4.98 Å². The molecule has 2 aromatic carbocycles. The summed E-state index contributed by atoms with van der Waals surface area (Å²) >= 11 is 0. The first-order valence-corrected chi connectivity index (χ1v) is 11.3. The maximum absolute atomic E-state index is 13.0. The summed E-state index contributed by atoms with van der Waals surface area (Å²) < 4.78 is 88.8. The average Bonchev–Trinajstić information content (AvgIpc) is 2.80. The van der Waals surface area contributed by atoms with Crippen LogP contribution in [-0.2, 0) is 14.9 Å². The smallest absolute Gasteiger partial charge is 0.497 e. The van der Waals surface area contributed by atoms with Gasteiger partial charge in [-0.3, -0.25) is 4.98 Å². The van der Waals surface area contributed by atoms with E-state index in [9.17, 15) is 21.6 Å². The monoisotopic (exact) mass is 537 g/mol. The van der Waals surface area contributed by atoms with E-state index in [4.69, 9.17) is 18.9 Å². The molecule has 0 bridgehead atoms. The van der Waals surface area contributed by atoms with Crippen molar-refractivity contribution >= 4 is 33.3 Å². The lowest BCUT2D eigenvalue weighted by molar-refractivity contribution is -0.0500. The first kappa shape index (κ1) is 28.3. The maximum atomic E-state index is 13.0. The summed E-state index contributed by atoms with van der Waals surface area (Å²) in [5, 5.41) is 0.340. The van der Waals surface area contributed by atoms with Gasteiger partial charge in [0, 0.05) is 36.5 Å². The highest BCUT2D eigenvalue weighted by Crippen LogP contribution is 2.42. The molecule has 3 rings (SSSR count). The molecule has 0 saturated carbocycles. The number of halogens is 4. The zero-order valence-electron chi connectivity index (χ0n) is 19.1. The van der Waals surface area contributed by atoms with Crippen molar-refractivity contribution in [3.8, 4) is 23.0 Å². The minimum absolute atomic E-state index is 0. The zero-order chi connectivity index (χ0) is 25.1. The Labute approximate surface area is 206 Å². The van der Waals surface area contributed by atoms with Gasteiger partial charge in [-0.1, -0.05) is 0 Å². The van der Waals surface area contributed by atoms with Gasteiger partial charge in [0.15, 0.2) is 11.5 Å². The van der Waals surface area contributed by atoms with Crippen LogP contribution in [0.4, 0.5) is 13.2 Å². The Morgan fingerprint density at radius 2 is 1.60 bits per heavy atom. The molecular formula is C22H23ClF3NO7S. The molecule has 1 unspecified atom stereocenters. The van der Waals surface area contributed by atoms with E-state index >= 15 is 0 Å². The molecule has 1 heterocycles. The van der Waals surface area contributed by atoms with E-state index in [0.717, 1.165) is 0 Å². The number of hydrogen-bond donors (Lipinski definition) is 0. The molecule has 13 heteroatoms. The van der Waals surface area contributed by atoms with Crippen molar-refractivity contribution in [3.05, 3.63) is 53.9 Å². The third-order valence-corrected chi connectivity index (χ3v) is 5.81. The van der Waals surface area contributed by atoms with Gasteiger partial charge in [0.1, 0.15) is 17.6 Å². The third-order valence-electron chi connectivity index (χ3n) is 4.86. The van der Waals surface area contributed by atoms with Crippen LogP contribution in [0.25, 0.3) is 10.8 Å². The summed E-state index contributed by atoms with van der Waals surface area (Å²) in [5.74, 6) is 0.176. The number of alkyl halides is 3. The van der Waals surface area contributed by atoms with Crippen LogP contribution < -0.4 is 18.4 Å². The van der Waals surface area contributed by atoms with E-state index in [1.54, 1.807) is 31.2 Å². The van der Waals surface area contributed by atoms with Crippen molar-refractivity contribution in [1.29, 1.82) is 0 Å². The SMILES string of the molecule is CCOc1ccc2c(C(OC)c3cc(OC)cc(OC)c3)cncc2c1OS(=O)(=O)C(F)(F)F.Cl. The molecule has 1 atom stereocenters. The molecule has 35 heavy (non-hydrogen) atoms. The van der Waals surface area contributed by atoms with Crippen molar-refractivity contribution < 1.29 is 44.7 Å². The highest BCUT2D eigenvalue weighted by atomic mass is 35.5. The fourth-order valence-electron chi connectivity index (χ4n) is 3.37. The molecular weight excluding hydrogens is 515 g/mol. The predicted octanol–water partition coefficient (Wildman–Crippen LogP) is 5.04. The minimum Gasteiger partial charge on any atom is -0.497 e. The first-order chi connectivity index (χ1) is 16.1. The van der Waals surface area contributed by atoms with Gasteiger partial charge >= 0.3 is 15.6 Å². The van der Waals surface area contributed by atoms with E-state index in [2.05, 4.69) is 9.17 Å². The molecule has 0 N–H and O–H groups in total. The summed E-state index contributed by atoms with van der Waals surface area (Å²) in [6, 6.07) is 7.97. The number of ether oxygens (including phenoxy) is 4. The van der Waals surface area contributed by atoms with Crippen LogP contribution >= 0.6 is 12.4 Å². The lowest BCUT2D eigenvalue weighted by atomic mass is 9.97. The highest BCUT2D eigenvalue weighted by molar-refractivity contribution is 7.88. The van der Waals surface area contributed by atoms with Crippen LogP contribution in [0.15, 0.2) is 42.7 Å². The summed E-state index contributed by atoms with van der Waals surface area (Å²) in [7, 11) is -1.55. The third kappa shape index (κ3) is 5.82. The molecule has 0 radical (unpaired) electrons. The van der Waals surface area contributed by atoms with Crippen molar-refractivity contribution in [2.75, 3.05) is 27.9 Å². The van der Waals surface area contributed by atoms with Gasteiger partial charge in [-0.15, -0.1) is 12.4 Å². The van der Waals surface area contributed by atoms with Crippen LogP contribution in [0.5, 0.6) is 23.0 Å². The van der Waals surface area contributed by atoms with Gasteiger partial charge in [0.2, 0.25) is 0 Å². The van der Waals surface area contributed by atoms with Gasteiger partial charge in [0.25, 0.3) is 0 Å². The predicted molar refractivity (Wildman–Crippen MR) is 124 cm³/mol. The fourth-order valence-corrected chi connectivity index (χ4v) is 3.85. The van der Waals surface area contributed by atoms with E-state index < -0.39 is 27.5 Å². The number of benzene rings is 2.